The first-order valence-electron chi connectivity index (χ1n) is 12.1. The molecule has 0 radical (unpaired) electrons. The molecule has 0 bridgehead atoms. The van der Waals surface area contributed by atoms with Crippen molar-refractivity contribution in [2.45, 2.75) is 18.7 Å². The predicted molar refractivity (Wildman–Crippen MR) is 149 cm³/mol. The molecule has 10 heteroatoms. The Kier molecular flexibility index (Phi) is 6.57. The van der Waals surface area contributed by atoms with Gasteiger partial charge in [-0.05, 0) is 56.3 Å². The highest BCUT2D eigenvalue weighted by atomic mass is 32.2. The molecule has 5 rings (SSSR count). The largest absolute Gasteiger partial charge is 0.421 e. The van der Waals surface area contributed by atoms with Gasteiger partial charge >= 0.3 is 5.97 Å². The molecule has 9 nitrogen and oxygen atoms in total. The third-order valence-corrected chi connectivity index (χ3v) is 8.35. The summed E-state index contributed by atoms with van der Waals surface area (Å²) in [6, 6.07) is 23.5. The third-order valence-electron chi connectivity index (χ3n) is 6.59. The topological polar surface area (TPSA) is 104 Å². The fourth-order valence-electron chi connectivity index (χ4n) is 4.44. The summed E-state index contributed by atoms with van der Waals surface area (Å²) in [7, 11) is -1.19. The molecule has 0 fully saturated rings. The molecule has 2 heterocycles. The SMILES string of the molecule is Cc1ccc2cccc(OC(=O)c3cccc(S(=O)(=O)N(C)c4c(C)n(C)n(-c5ccccc5)c4=O)c3)c2n1. The van der Waals surface area contributed by atoms with Crippen molar-refractivity contribution in [3.05, 3.63) is 112 Å². The van der Waals surface area contributed by atoms with Crippen LogP contribution in [0.4, 0.5) is 5.69 Å². The summed E-state index contributed by atoms with van der Waals surface area (Å²) in [5, 5.41) is 0.809. The Morgan fingerprint density at radius 3 is 2.38 bits per heavy atom. The number of carbonyl (C=O) groups is 1. The van der Waals surface area contributed by atoms with Gasteiger partial charge in [-0.25, -0.2) is 22.9 Å². The van der Waals surface area contributed by atoms with Gasteiger partial charge < -0.3 is 4.74 Å². The van der Waals surface area contributed by atoms with Crippen LogP contribution in [-0.2, 0) is 17.1 Å². The van der Waals surface area contributed by atoms with Gasteiger partial charge in [0.15, 0.2) is 5.75 Å². The minimum absolute atomic E-state index is 0.00605. The number of anilines is 1. The van der Waals surface area contributed by atoms with Crippen LogP contribution in [0.3, 0.4) is 0 Å². The Labute approximate surface area is 225 Å². The van der Waals surface area contributed by atoms with Crippen molar-refractivity contribution < 1.29 is 17.9 Å². The maximum absolute atomic E-state index is 13.6. The second-order valence-electron chi connectivity index (χ2n) is 9.08. The Morgan fingerprint density at radius 2 is 1.64 bits per heavy atom. The van der Waals surface area contributed by atoms with Gasteiger partial charge in [0.25, 0.3) is 15.6 Å². The maximum Gasteiger partial charge on any atom is 0.343 e. The zero-order valence-corrected chi connectivity index (χ0v) is 22.6. The summed E-state index contributed by atoms with van der Waals surface area (Å²) in [5.41, 5.74) is 1.93. The molecule has 198 valence electrons. The van der Waals surface area contributed by atoms with E-state index < -0.39 is 21.6 Å². The normalized spacial score (nSPS) is 11.5. The van der Waals surface area contributed by atoms with Crippen LogP contribution in [0.2, 0.25) is 0 Å². The predicted octanol–water partition coefficient (Wildman–Crippen LogP) is 4.39. The van der Waals surface area contributed by atoms with Crippen LogP contribution in [0.15, 0.2) is 94.6 Å². The first-order chi connectivity index (χ1) is 18.6. The molecule has 5 aromatic rings. The lowest BCUT2D eigenvalue weighted by molar-refractivity contribution is 0.0736. The van der Waals surface area contributed by atoms with E-state index >= 15 is 0 Å². The summed E-state index contributed by atoms with van der Waals surface area (Å²) in [4.78, 5) is 30.8. The van der Waals surface area contributed by atoms with Crippen LogP contribution in [0.5, 0.6) is 5.75 Å². The van der Waals surface area contributed by atoms with E-state index in [2.05, 4.69) is 4.98 Å². The van der Waals surface area contributed by atoms with E-state index in [1.54, 1.807) is 55.1 Å². The van der Waals surface area contributed by atoms with Crippen LogP contribution in [-0.4, -0.2) is 35.8 Å². The number of hydrogen-bond donors (Lipinski definition) is 0. The molecule has 0 N–H and O–H groups in total. The number of para-hydroxylation sites is 2. The standard InChI is InChI=1S/C29H26N4O5S/c1-19-16-17-21-10-9-15-25(26(21)30-19)38-29(35)22-11-8-14-24(18-22)39(36,37)32(4)27-20(2)31(3)33(28(27)34)23-12-6-5-7-13-23/h5-18H,1-4H3. The van der Waals surface area contributed by atoms with Gasteiger partial charge in [-0.2, -0.15) is 0 Å². The monoisotopic (exact) mass is 542 g/mol. The number of aromatic nitrogens is 3. The summed E-state index contributed by atoms with van der Waals surface area (Å²) in [6.07, 6.45) is 0. The van der Waals surface area contributed by atoms with Crippen LogP contribution in [0.1, 0.15) is 21.7 Å². The highest BCUT2D eigenvalue weighted by molar-refractivity contribution is 7.92. The Morgan fingerprint density at radius 1 is 0.923 bits per heavy atom. The number of nitrogens with zero attached hydrogens (tertiary/aromatic N) is 4. The molecule has 3 aromatic carbocycles. The van der Waals surface area contributed by atoms with Crippen LogP contribution in [0, 0.1) is 13.8 Å². The quantitative estimate of drug-likeness (QED) is 0.233. The summed E-state index contributed by atoms with van der Waals surface area (Å²) >= 11 is 0. The van der Waals surface area contributed by atoms with E-state index in [-0.39, 0.29) is 21.9 Å². The van der Waals surface area contributed by atoms with E-state index in [0.29, 0.717) is 16.9 Å². The molecule has 0 amide bonds. The van der Waals surface area contributed by atoms with Crippen molar-refractivity contribution in [2.75, 3.05) is 11.4 Å². The smallest absolute Gasteiger partial charge is 0.343 e. The summed E-state index contributed by atoms with van der Waals surface area (Å²) in [5.74, 6) is -0.458. The molecule has 0 aliphatic rings. The molecule has 2 aromatic heterocycles. The number of rotatable bonds is 6. The lowest BCUT2D eigenvalue weighted by Crippen LogP contribution is -2.32. The minimum Gasteiger partial charge on any atom is -0.421 e. The number of hydrogen-bond acceptors (Lipinski definition) is 6. The van der Waals surface area contributed by atoms with E-state index in [4.69, 9.17) is 4.74 Å². The molecule has 39 heavy (non-hydrogen) atoms. The number of fused-ring (bicyclic) bond motifs is 1. The molecule has 0 unspecified atom stereocenters. The highest BCUT2D eigenvalue weighted by Gasteiger charge is 2.29. The molecule has 0 saturated carbocycles. The fraction of sp³-hybridized carbons (Fsp3) is 0.138. The van der Waals surface area contributed by atoms with Gasteiger partial charge in [-0.3, -0.25) is 13.8 Å². The average molecular weight is 543 g/mol. The van der Waals surface area contributed by atoms with E-state index in [0.717, 1.165) is 15.4 Å². The average Bonchev–Trinajstić information content (AvgIpc) is 3.16. The maximum atomic E-state index is 13.6. The third kappa shape index (κ3) is 4.59. The first-order valence-corrected chi connectivity index (χ1v) is 13.5. The van der Waals surface area contributed by atoms with Gasteiger partial charge in [0.2, 0.25) is 0 Å². The second kappa shape index (κ2) is 9.88. The number of esters is 1. The van der Waals surface area contributed by atoms with Crippen LogP contribution in [0.25, 0.3) is 16.6 Å². The van der Waals surface area contributed by atoms with Gasteiger partial charge in [-0.1, -0.05) is 42.5 Å². The van der Waals surface area contributed by atoms with Gasteiger partial charge in [0.05, 0.1) is 21.8 Å². The molecule has 0 aliphatic carbocycles. The fourth-order valence-corrected chi connectivity index (χ4v) is 5.73. The van der Waals surface area contributed by atoms with Crippen molar-refractivity contribution in [3.63, 3.8) is 0 Å². The van der Waals surface area contributed by atoms with Crippen molar-refractivity contribution in [3.8, 4) is 11.4 Å². The molecule has 0 atom stereocenters. The lowest BCUT2D eigenvalue weighted by Gasteiger charge is -2.18. The van der Waals surface area contributed by atoms with Crippen LogP contribution < -0.4 is 14.6 Å². The van der Waals surface area contributed by atoms with Gasteiger partial charge in [0.1, 0.15) is 11.2 Å². The first kappa shape index (κ1) is 25.9. The number of ether oxygens (including phenoxy) is 1. The lowest BCUT2D eigenvalue weighted by atomic mass is 10.2. The summed E-state index contributed by atoms with van der Waals surface area (Å²) < 4.78 is 36.9. The molecule has 0 aliphatic heterocycles. The Balaban J connectivity index is 1.49. The van der Waals surface area contributed by atoms with E-state index in [9.17, 15) is 18.0 Å². The Bertz CT molecular complexity index is 1890. The number of benzene rings is 3. The molecule has 0 spiro atoms. The van der Waals surface area contributed by atoms with E-state index in [1.807, 2.05) is 31.2 Å². The minimum atomic E-state index is -4.21. The molecule has 0 saturated heterocycles. The number of sulfonamides is 1. The van der Waals surface area contributed by atoms with Crippen molar-refractivity contribution in [1.29, 1.82) is 0 Å². The van der Waals surface area contributed by atoms with Crippen molar-refractivity contribution in [2.24, 2.45) is 7.05 Å². The summed E-state index contributed by atoms with van der Waals surface area (Å²) in [6.45, 7) is 3.52. The van der Waals surface area contributed by atoms with E-state index in [1.165, 1.54) is 36.0 Å². The Hall–Kier alpha value is -4.70. The number of carbonyl (C=O) groups excluding carboxylic acids is 1. The zero-order chi connectivity index (χ0) is 27.9. The van der Waals surface area contributed by atoms with Crippen LogP contribution >= 0.6 is 0 Å². The van der Waals surface area contributed by atoms with Crippen molar-refractivity contribution >= 4 is 32.6 Å². The molecular formula is C29H26N4O5S. The molecular weight excluding hydrogens is 516 g/mol. The van der Waals surface area contributed by atoms with Crippen molar-refractivity contribution in [1.82, 2.24) is 14.3 Å². The van der Waals surface area contributed by atoms with Gasteiger partial charge in [-0.15, -0.1) is 0 Å². The number of pyridine rings is 1. The number of aryl methyl sites for hydroxylation is 1. The second-order valence-corrected chi connectivity index (χ2v) is 11.0. The zero-order valence-electron chi connectivity index (χ0n) is 21.8. The van der Waals surface area contributed by atoms with Gasteiger partial charge in [0, 0.05) is 25.2 Å². The highest BCUT2D eigenvalue weighted by Crippen LogP contribution is 2.27.